The van der Waals surface area contributed by atoms with Crippen molar-refractivity contribution in [3.63, 3.8) is 0 Å². The number of carbonyl (C=O) groups excluding carboxylic acids is 3. The molecule has 0 bridgehead atoms. The Bertz CT molecular complexity index is 1130. The van der Waals surface area contributed by atoms with Gasteiger partial charge in [0.2, 0.25) is 5.91 Å². The predicted octanol–water partition coefficient (Wildman–Crippen LogP) is 4.34. The van der Waals surface area contributed by atoms with Crippen molar-refractivity contribution in [3.05, 3.63) is 89.5 Å². The zero-order valence-corrected chi connectivity index (χ0v) is 19.0. The van der Waals surface area contributed by atoms with E-state index in [1.165, 1.54) is 12.1 Å². The zero-order valence-electron chi connectivity index (χ0n) is 19.0. The SMILES string of the molecule is CCOC(=O)Oc1ccc(C(=O)NCc2ccccc2NC(=O)Cc2ccc(OC)cc2)cc1. The molecule has 3 aromatic carbocycles. The average molecular weight is 463 g/mol. The van der Waals surface area contributed by atoms with Crippen molar-refractivity contribution in [1.29, 1.82) is 0 Å². The number of rotatable bonds is 9. The lowest BCUT2D eigenvalue weighted by molar-refractivity contribution is -0.115. The lowest BCUT2D eigenvalue weighted by Crippen LogP contribution is -2.24. The molecule has 0 atom stereocenters. The van der Waals surface area contributed by atoms with Gasteiger partial charge < -0.3 is 24.8 Å². The number of hydrogen-bond donors (Lipinski definition) is 2. The summed E-state index contributed by atoms with van der Waals surface area (Å²) in [6.07, 6.45) is -0.587. The van der Waals surface area contributed by atoms with Gasteiger partial charge in [-0.15, -0.1) is 0 Å². The summed E-state index contributed by atoms with van der Waals surface area (Å²) < 4.78 is 14.8. The van der Waals surface area contributed by atoms with Gasteiger partial charge in [-0.2, -0.15) is 0 Å². The first kappa shape index (κ1) is 24.3. The molecule has 176 valence electrons. The quantitative estimate of drug-likeness (QED) is 0.362. The number of ether oxygens (including phenoxy) is 3. The number of methoxy groups -OCH3 is 1. The van der Waals surface area contributed by atoms with E-state index in [1.54, 1.807) is 32.2 Å². The molecule has 0 aliphatic carbocycles. The Morgan fingerprint density at radius 2 is 1.53 bits per heavy atom. The van der Waals surface area contributed by atoms with Crippen molar-refractivity contribution in [2.45, 2.75) is 19.9 Å². The van der Waals surface area contributed by atoms with Gasteiger partial charge in [-0.05, 0) is 60.5 Å². The van der Waals surface area contributed by atoms with Crippen molar-refractivity contribution in [2.24, 2.45) is 0 Å². The standard InChI is InChI=1S/C26H26N2O6/c1-3-33-26(31)34-22-14-10-19(11-15-22)25(30)27-17-20-6-4-5-7-23(20)28-24(29)16-18-8-12-21(32-2)13-9-18/h4-15H,3,16-17H2,1-2H3,(H,27,30)(H,28,29). The van der Waals surface area contributed by atoms with E-state index in [9.17, 15) is 14.4 Å². The molecule has 0 unspecified atom stereocenters. The minimum atomic E-state index is -0.801. The lowest BCUT2D eigenvalue weighted by atomic mass is 10.1. The molecule has 0 aromatic heterocycles. The third-order valence-corrected chi connectivity index (χ3v) is 4.83. The highest BCUT2D eigenvalue weighted by atomic mass is 16.7. The molecule has 0 aliphatic heterocycles. The van der Waals surface area contributed by atoms with Gasteiger partial charge in [0.05, 0.1) is 20.1 Å². The molecule has 2 amide bonds. The fourth-order valence-electron chi connectivity index (χ4n) is 3.12. The van der Waals surface area contributed by atoms with Gasteiger partial charge in [-0.25, -0.2) is 4.79 Å². The number of benzene rings is 3. The van der Waals surface area contributed by atoms with E-state index in [4.69, 9.17) is 14.2 Å². The van der Waals surface area contributed by atoms with Crippen molar-refractivity contribution >= 4 is 23.7 Å². The Morgan fingerprint density at radius 3 is 2.21 bits per heavy atom. The first-order chi connectivity index (χ1) is 16.5. The smallest absolute Gasteiger partial charge is 0.497 e. The van der Waals surface area contributed by atoms with Crippen LogP contribution < -0.4 is 20.1 Å². The molecule has 3 aromatic rings. The summed E-state index contributed by atoms with van der Waals surface area (Å²) in [4.78, 5) is 36.4. The Hall–Kier alpha value is -4.33. The van der Waals surface area contributed by atoms with Gasteiger partial charge >= 0.3 is 6.16 Å². The van der Waals surface area contributed by atoms with Gasteiger partial charge in [0.1, 0.15) is 11.5 Å². The minimum Gasteiger partial charge on any atom is -0.497 e. The Labute approximate surface area is 197 Å². The van der Waals surface area contributed by atoms with E-state index in [-0.39, 0.29) is 37.1 Å². The molecular weight excluding hydrogens is 436 g/mol. The number of para-hydroxylation sites is 1. The van der Waals surface area contributed by atoms with Gasteiger partial charge in [0.15, 0.2) is 0 Å². The summed E-state index contributed by atoms with van der Waals surface area (Å²) >= 11 is 0. The van der Waals surface area contributed by atoms with E-state index in [1.807, 2.05) is 42.5 Å². The summed E-state index contributed by atoms with van der Waals surface area (Å²) in [5.74, 6) is 0.537. The maximum Gasteiger partial charge on any atom is 0.513 e. The fraction of sp³-hybridized carbons (Fsp3) is 0.192. The van der Waals surface area contributed by atoms with E-state index >= 15 is 0 Å². The number of carbonyl (C=O) groups is 3. The summed E-state index contributed by atoms with van der Waals surface area (Å²) in [5, 5.41) is 5.74. The van der Waals surface area contributed by atoms with Crippen molar-refractivity contribution in [1.82, 2.24) is 5.32 Å². The van der Waals surface area contributed by atoms with Crippen LogP contribution in [-0.4, -0.2) is 31.7 Å². The van der Waals surface area contributed by atoms with Crippen LogP contribution >= 0.6 is 0 Å². The van der Waals surface area contributed by atoms with Gasteiger partial charge in [-0.1, -0.05) is 30.3 Å². The molecule has 3 rings (SSSR count). The molecule has 34 heavy (non-hydrogen) atoms. The number of anilines is 1. The second-order valence-corrected chi connectivity index (χ2v) is 7.22. The largest absolute Gasteiger partial charge is 0.513 e. The van der Waals surface area contributed by atoms with Crippen LogP contribution in [0.15, 0.2) is 72.8 Å². The number of amides is 2. The van der Waals surface area contributed by atoms with E-state index in [0.717, 1.165) is 16.9 Å². The Morgan fingerprint density at radius 1 is 0.853 bits per heavy atom. The van der Waals surface area contributed by atoms with Crippen LogP contribution in [0.2, 0.25) is 0 Å². The van der Waals surface area contributed by atoms with Crippen molar-refractivity contribution in [2.75, 3.05) is 19.0 Å². The number of nitrogens with one attached hydrogen (secondary N) is 2. The first-order valence-electron chi connectivity index (χ1n) is 10.7. The monoisotopic (exact) mass is 462 g/mol. The van der Waals surface area contributed by atoms with Crippen LogP contribution in [0.4, 0.5) is 10.5 Å². The lowest BCUT2D eigenvalue weighted by Gasteiger charge is -2.12. The van der Waals surface area contributed by atoms with E-state index in [0.29, 0.717) is 11.3 Å². The Balaban J connectivity index is 1.56. The van der Waals surface area contributed by atoms with Crippen molar-refractivity contribution < 1.29 is 28.6 Å². The summed E-state index contributed by atoms with van der Waals surface area (Å²) in [5.41, 5.74) is 2.65. The molecule has 0 fully saturated rings. The summed E-state index contributed by atoms with van der Waals surface area (Å²) in [6.45, 7) is 2.11. The van der Waals surface area contributed by atoms with Crippen LogP contribution in [0.3, 0.4) is 0 Å². The second kappa shape index (κ2) is 12.1. The first-order valence-corrected chi connectivity index (χ1v) is 10.7. The van der Waals surface area contributed by atoms with Crippen LogP contribution in [0.5, 0.6) is 11.5 Å². The third kappa shape index (κ3) is 7.09. The van der Waals surface area contributed by atoms with E-state index < -0.39 is 6.16 Å². The predicted molar refractivity (Wildman–Crippen MR) is 127 cm³/mol. The molecule has 0 radical (unpaired) electrons. The molecular formula is C26H26N2O6. The normalized spacial score (nSPS) is 10.2. The molecule has 0 heterocycles. The van der Waals surface area contributed by atoms with Gasteiger partial charge in [0.25, 0.3) is 5.91 Å². The van der Waals surface area contributed by atoms with Gasteiger partial charge in [-0.3, -0.25) is 9.59 Å². The summed E-state index contributed by atoms with van der Waals surface area (Å²) in [6, 6.07) is 20.7. The maximum atomic E-state index is 12.5. The third-order valence-electron chi connectivity index (χ3n) is 4.83. The molecule has 8 heteroatoms. The van der Waals surface area contributed by atoms with Crippen LogP contribution in [0.1, 0.15) is 28.4 Å². The Kier molecular flexibility index (Phi) is 8.62. The topological polar surface area (TPSA) is 103 Å². The van der Waals surface area contributed by atoms with Crippen LogP contribution in [-0.2, 0) is 22.5 Å². The zero-order chi connectivity index (χ0) is 24.3. The molecule has 8 nitrogen and oxygen atoms in total. The molecule has 0 saturated heterocycles. The van der Waals surface area contributed by atoms with Crippen LogP contribution in [0.25, 0.3) is 0 Å². The summed E-state index contributed by atoms with van der Waals surface area (Å²) in [7, 11) is 1.59. The van der Waals surface area contributed by atoms with E-state index in [2.05, 4.69) is 10.6 Å². The molecule has 0 aliphatic rings. The number of hydrogen-bond acceptors (Lipinski definition) is 6. The second-order valence-electron chi connectivity index (χ2n) is 7.22. The fourth-order valence-corrected chi connectivity index (χ4v) is 3.12. The molecule has 2 N–H and O–H groups in total. The minimum absolute atomic E-state index is 0.166. The highest BCUT2D eigenvalue weighted by molar-refractivity contribution is 5.95. The maximum absolute atomic E-state index is 12.5. The molecule has 0 saturated carbocycles. The highest BCUT2D eigenvalue weighted by Gasteiger charge is 2.11. The van der Waals surface area contributed by atoms with Gasteiger partial charge in [0, 0.05) is 17.8 Å². The van der Waals surface area contributed by atoms with Crippen molar-refractivity contribution in [3.8, 4) is 11.5 Å². The average Bonchev–Trinajstić information content (AvgIpc) is 2.84. The highest BCUT2D eigenvalue weighted by Crippen LogP contribution is 2.18. The molecule has 0 spiro atoms. The van der Waals surface area contributed by atoms with Crippen LogP contribution in [0, 0.1) is 0 Å².